The third-order valence-electron chi connectivity index (χ3n) is 19.3. The smallest absolute Gasteiger partial charge is 0.312 e. The van der Waals surface area contributed by atoms with E-state index in [0.717, 1.165) is 77.0 Å². The van der Waals surface area contributed by atoms with Crippen LogP contribution < -0.4 is 10.4 Å². The van der Waals surface area contributed by atoms with Gasteiger partial charge in [0.2, 0.25) is 0 Å². The monoisotopic (exact) mass is 1000 g/mol. The molecule has 7 heteroatoms. The molecule has 1 saturated heterocycles. The van der Waals surface area contributed by atoms with E-state index in [0.29, 0.717) is 36.2 Å². The molecular formula is C65H86O5Si2. The molecule has 6 aliphatic rings. The predicted octanol–water partition coefficient (Wildman–Crippen LogP) is 15.1. The quantitative estimate of drug-likeness (QED) is 0.0675. The van der Waals surface area contributed by atoms with Gasteiger partial charge in [0.05, 0.1) is 17.6 Å². The van der Waals surface area contributed by atoms with Crippen molar-refractivity contribution in [2.75, 3.05) is 6.61 Å². The molecule has 10 atom stereocenters. The van der Waals surface area contributed by atoms with Gasteiger partial charge in [0, 0.05) is 24.5 Å². The highest BCUT2D eigenvalue weighted by Gasteiger charge is 2.52. The fraction of sp³-hybridized carbons (Fsp3) is 0.554. The lowest BCUT2D eigenvalue weighted by atomic mass is 9.64. The zero-order valence-corrected chi connectivity index (χ0v) is 47.6. The minimum absolute atomic E-state index is 0.0359. The molecule has 1 aliphatic heterocycles. The maximum atomic E-state index is 14.9. The number of carbonyl (C=O) groups is 1. The number of hydrogen-bond donors (Lipinski definition) is 0. The third kappa shape index (κ3) is 9.93. The van der Waals surface area contributed by atoms with Gasteiger partial charge in [-0.2, -0.15) is 0 Å². The molecule has 3 unspecified atom stereocenters. The molecule has 0 amide bonds. The van der Waals surface area contributed by atoms with Gasteiger partial charge in [0.25, 0.3) is 8.32 Å². The molecule has 0 radical (unpaired) electrons. The molecular weight excluding hydrogens is 917 g/mol. The molecule has 4 aromatic carbocycles. The van der Waals surface area contributed by atoms with Gasteiger partial charge in [-0.25, -0.2) is 0 Å². The fourth-order valence-corrected chi connectivity index (χ4v) is 20.3. The lowest BCUT2D eigenvalue weighted by Crippen LogP contribution is -2.66. The Morgan fingerprint density at radius 3 is 2.17 bits per heavy atom. The summed E-state index contributed by atoms with van der Waals surface area (Å²) in [6.07, 6.45) is 24.0. The maximum absolute atomic E-state index is 14.9. The van der Waals surface area contributed by atoms with E-state index in [1.54, 1.807) is 5.56 Å². The summed E-state index contributed by atoms with van der Waals surface area (Å²) in [6, 6.07) is 33.3. The highest BCUT2D eigenvalue weighted by Crippen LogP contribution is 2.52. The van der Waals surface area contributed by atoms with Crippen molar-refractivity contribution >= 4 is 49.8 Å². The first-order valence-corrected chi connectivity index (χ1v) is 33.1. The van der Waals surface area contributed by atoms with E-state index in [1.807, 2.05) is 0 Å². The van der Waals surface area contributed by atoms with Crippen molar-refractivity contribution in [3.63, 3.8) is 0 Å². The summed E-state index contributed by atoms with van der Waals surface area (Å²) >= 11 is 0. The number of hydrogen-bond acceptors (Lipinski definition) is 5. The summed E-state index contributed by atoms with van der Waals surface area (Å²) in [5, 5.41) is 5.47. The highest BCUT2D eigenvalue weighted by molar-refractivity contribution is 6.99. The average molecular weight is 1000 g/mol. The van der Waals surface area contributed by atoms with Crippen LogP contribution in [0.5, 0.6) is 0 Å². The van der Waals surface area contributed by atoms with Gasteiger partial charge in [-0.1, -0.05) is 183 Å². The maximum Gasteiger partial charge on any atom is 0.312 e. The second kappa shape index (κ2) is 20.4. The summed E-state index contributed by atoms with van der Waals surface area (Å²) < 4.78 is 29.1. The van der Waals surface area contributed by atoms with Crippen LogP contribution in [0.25, 0.3) is 16.8 Å². The van der Waals surface area contributed by atoms with Crippen molar-refractivity contribution in [1.82, 2.24) is 0 Å². The van der Waals surface area contributed by atoms with Crippen molar-refractivity contribution in [1.29, 1.82) is 0 Å². The van der Waals surface area contributed by atoms with E-state index in [1.165, 1.54) is 37.8 Å². The molecule has 72 heavy (non-hydrogen) atoms. The van der Waals surface area contributed by atoms with E-state index >= 15 is 0 Å². The largest absolute Gasteiger partial charge is 0.461 e. The summed E-state index contributed by atoms with van der Waals surface area (Å²) in [5.41, 5.74) is 5.37. The normalized spacial score (nSPS) is 29.0. The molecule has 4 aromatic rings. The van der Waals surface area contributed by atoms with E-state index in [9.17, 15) is 4.79 Å². The van der Waals surface area contributed by atoms with Gasteiger partial charge < -0.3 is 18.3 Å². The van der Waals surface area contributed by atoms with Crippen molar-refractivity contribution in [2.45, 2.75) is 186 Å². The summed E-state index contributed by atoms with van der Waals surface area (Å²) in [5.74, 6) is 2.19. The molecule has 384 valence electrons. The lowest BCUT2D eigenvalue weighted by molar-refractivity contribution is -0.173. The van der Waals surface area contributed by atoms with Crippen molar-refractivity contribution < 1.29 is 23.1 Å². The second-order valence-electron chi connectivity index (χ2n) is 26.1. The Kier molecular flexibility index (Phi) is 14.6. The van der Waals surface area contributed by atoms with Gasteiger partial charge in [-0.15, -0.1) is 0 Å². The van der Waals surface area contributed by atoms with Gasteiger partial charge in [0.15, 0.2) is 8.32 Å². The van der Waals surface area contributed by atoms with Crippen LogP contribution in [0, 0.1) is 35.0 Å². The van der Waals surface area contributed by atoms with E-state index in [4.69, 9.17) is 18.3 Å². The van der Waals surface area contributed by atoms with Crippen molar-refractivity contribution in [2.24, 2.45) is 35.0 Å². The molecule has 5 aliphatic carbocycles. The molecule has 0 N–H and O–H groups in total. The molecule has 10 rings (SSSR count). The van der Waals surface area contributed by atoms with Gasteiger partial charge >= 0.3 is 5.97 Å². The van der Waals surface area contributed by atoms with Crippen LogP contribution >= 0.6 is 0 Å². The van der Waals surface area contributed by atoms with Crippen LogP contribution in [0.1, 0.15) is 149 Å². The lowest BCUT2D eigenvalue weighted by Gasteiger charge is -2.47. The summed E-state index contributed by atoms with van der Waals surface area (Å²) in [6.45, 7) is 24.3. The number of ether oxygens (including phenoxy) is 2. The number of carbonyl (C=O) groups excluding carboxylic acids is 1. The fourth-order valence-electron chi connectivity index (χ4n) is 14.3. The zero-order valence-electron chi connectivity index (χ0n) is 45.6. The van der Waals surface area contributed by atoms with E-state index in [2.05, 4.69) is 190 Å². The molecule has 0 aromatic heterocycles. The topological polar surface area (TPSA) is 54.0 Å². The number of allylic oxidation sites excluding steroid dienone is 4. The minimum Gasteiger partial charge on any atom is -0.461 e. The number of benzene rings is 4. The molecule has 5 nitrogen and oxygen atoms in total. The van der Waals surface area contributed by atoms with Crippen LogP contribution in [0.2, 0.25) is 23.2 Å². The van der Waals surface area contributed by atoms with Crippen molar-refractivity contribution in [3.05, 3.63) is 138 Å². The molecule has 1 saturated carbocycles. The van der Waals surface area contributed by atoms with E-state index < -0.39 is 22.0 Å². The third-order valence-corrected chi connectivity index (χ3v) is 28.8. The molecule has 1 heterocycles. The van der Waals surface area contributed by atoms with E-state index in [-0.39, 0.29) is 46.4 Å². The first-order valence-electron chi connectivity index (χ1n) is 28.3. The Hall–Kier alpha value is -3.86. The number of esters is 1. The minimum atomic E-state index is -2.67. The zero-order chi connectivity index (χ0) is 50.6. The Morgan fingerprint density at radius 2 is 1.50 bits per heavy atom. The summed E-state index contributed by atoms with van der Waals surface area (Å²) in [4.78, 5) is 14.9. The Morgan fingerprint density at radius 1 is 0.778 bits per heavy atom. The Bertz CT molecular complexity index is 2610. The van der Waals surface area contributed by atoms with Gasteiger partial charge in [0.1, 0.15) is 6.10 Å². The van der Waals surface area contributed by atoms with Crippen LogP contribution in [0.3, 0.4) is 0 Å². The predicted molar refractivity (Wildman–Crippen MR) is 303 cm³/mol. The molecule has 0 spiro atoms. The summed E-state index contributed by atoms with van der Waals surface area (Å²) in [7, 11) is -4.70. The standard InChI is InChI=1S/C65H86O5Si2/c1-44-38-48-27-26-45(2)56(61(48)58(39-44)69-62(66)65(34-18-35-65)36-19-37-67-72(64(6,7)8,54-22-13-11-14-23-54)55-24-15-12-16-25-55)33-32-52-42-53(70-71(9,10)63(3,4)5)43-57(68-52)51-40-49-30-28-46-20-17-21-47-29-31-50(41-51)60(49)59(46)47/h11-17,20-31,38,44-45,49,51-53,56-58,61H,18-19,32-37,39-43H2,1-10H3/t44-,45-,49?,51?,52+,53+,56-,57?,58-,61-/m0/s1. The van der Waals surface area contributed by atoms with Gasteiger partial charge in [-0.3, -0.25) is 4.79 Å². The van der Waals surface area contributed by atoms with Crippen LogP contribution in [-0.4, -0.2) is 53.6 Å². The first-order chi connectivity index (χ1) is 34.4. The number of fused-ring (bicyclic) bond motifs is 1. The second-order valence-corrected chi connectivity index (χ2v) is 35.1. The van der Waals surface area contributed by atoms with Crippen LogP contribution in [0.15, 0.2) is 121 Å². The van der Waals surface area contributed by atoms with Gasteiger partial charge in [-0.05, 0) is 161 Å². The Balaban J connectivity index is 0.842. The number of rotatable bonds is 15. The van der Waals surface area contributed by atoms with Crippen LogP contribution in [-0.2, 0) is 29.5 Å². The first kappa shape index (κ1) is 51.6. The molecule has 2 fully saturated rings. The Labute approximate surface area is 435 Å². The molecule has 0 bridgehead atoms. The van der Waals surface area contributed by atoms with Crippen molar-refractivity contribution in [3.8, 4) is 0 Å². The average Bonchev–Trinajstić information content (AvgIpc) is 3.33. The SMILES string of the molecule is C[C@H]1C=C2C=C[C@H](C)[C@H](CC[C@@H]3C[C@@H](O[Si](C)(C)C(C)(C)C)CC(C4Cc5ccc6cccc7c6c5C(C=C7)C4)O3)[C@H]2[C@@H](OC(=O)C2(CCCO[Si](c3ccccc3)(c3ccccc3)C(C)(C)C)CCC2)C1. The highest BCUT2D eigenvalue weighted by atomic mass is 28.4. The van der Waals surface area contributed by atoms with Crippen LogP contribution in [0.4, 0.5) is 0 Å².